The summed E-state index contributed by atoms with van der Waals surface area (Å²) < 4.78 is 39.9. The number of pyridine rings is 1. The Balaban J connectivity index is 2.62. The lowest BCUT2D eigenvalue weighted by molar-refractivity contribution is -0.137. The van der Waals surface area contributed by atoms with Crippen molar-refractivity contribution >= 4 is 15.9 Å². The van der Waals surface area contributed by atoms with Crippen LogP contribution in [-0.4, -0.2) is 9.55 Å². The third kappa shape index (κ3) is 2.11. The Morgan fingerprint density at radius 3 is 2.38 bits per heavy atom. The molecular formula is C10H6BrF3N2. The van der Waals surface area contributed by atoms with Gasteiger partial charge in [0.1, 0.15) is 5.82 Å². The molecule has 2 nitrogen and oxygen atoms in total. The van der Waals surface area contributed by atoms with Crippen molar-refractivity contribution in [3.63, 3.8) is 0 Å². The van der Waals surface area contributed by atoms with Gasteiger partial charge in [-0.2, -0.15) is 13.2 Å². The molecular weight excluding hydrogens is 285 g/mol. The zero-order valence-corrected chi connectivity index (χ0v) is 9.46. The summed E-state index contributed by atoms with van der Waals surface area (Å²) in [4.78, 5) is 3.78. The van der Waals surface area contributed by atoms with E-state index in [4.69, 9.17) is 0 Å². The van der Waals surface area contributed by atoms with E-state index in [2.05, 4.69) is 20.9 Å². The second kappa shape index (κ2) is 3.93. The highest BCUT2D eigenvalue weighted by Gasteiger charge is 2.35. The summed E-state index contributed by atoms with van der Waals surface area (Å²) in [5, 5.41) is 0. The van der Waals surface area contributed by atoms with Crippen LogP contribution in [-0.2, 0) is 6.18 Å². The first-order valence-corrected chi connectivity index (χ1v) is 5.14. The van der Waals surface area contributed by atoms with Gasteiger partial charge in [-0.15, -0.1) is 0 Å². The van der Waals surface area contributed by atoms with Crippen LogP contribution in [0.5, 0.6) is 0 Å². The van der Waals surface area contributed by atoms with Gasteiger partial charge in [-0.3, -0.25) is 0 Å². The van der Waals surface area contributed by atoms with Gasteiger partial charge < -0.3 is 4.57 Å². The highest BCUT2D eigenvalue weighted by molar-refractivity contribution is 9.10. The second-order valence-corrected chi connectivity index (χ2v) is 4.03. The Morgan fingerprint density at radius 1 is 1.19 bits per heavy atom. The molecule has 0 N–H and O–H groups in total. The Kier molecular flexibility index (Phi) is 2.75. The quantitative estimate of drug-likeness (QED) is 0.784. The first-order valence-electron chi connectivity index (χ1n) is 4.34. The molecule has 0 bridgehead atoms. The summed E-state index contributed by atoms with van der Waals surface area (Å²) in [5.41, 5.74) is -0.766. The van der Waals surface area contributed by atoms with E-state index in [0.29, 0.717) is 4.47 Å². The van der Waals surface area contributed by atoms with Crippen molar-refractivity contribution in [1.29, 1.82) is 0 Å². The fourth-order valence-corrected chi connectivity index (χ4v) is 1.65. The Hall–Kier alpha value is -1.30. The highest BCUT2D eigenvalue weighted by Crippen LogP contribution is 2.34. The molecule has 0 aliphatic rings. The number of nitrogens with zero attached hydrogens (tertiary/aromatic N) is 2. The van der Waals surface area contributed by atoms with E-state index < -0.39 is 11.7 Å². The van der Waals surface area contributed by atoms with Gasteiger partial charge in [0.05, 0.1) is 5.56 Å². The highest BCUT2D eigenvalue weighted by atomic mass is 79.9. The van der Waals surface area contributed by atoms with E-state index in [0.717, 1.165) is 6.07 Å². The first kappa shape index (κ1) is 11.2. The van der Waals surface area contributed by atoms with Gasteiger partial charge in [0.25, 0.3) is 0 Å². The summed E-state index contributed by atoms with van der Waals surface area (Å²) in [6, 6.07) is 4.30. The van der Waals surface area contributed by atoms with Gasteiger partial charge in [0, 0.05) is 23.1 Å². The van der Waals surface area contributed by atoms with E-state index in [9.17, 15) is 13.2 Å². The maximum Gasteiger partial charge on any atom is 0.420 e. The lowest BCUT2D eigenvalue weighted by Crippen LogP contribution is -2.11. The largest absolute Gasteiger partial charge is 0.420 e. The van der Waals surface area contributed by atoms with Gasteiger partial charge >= 0.3 is 6.18 Å². The van der Waals surface area contributed by atoms with Gasteiger partial charge in [0.15, 0.2) is 0 Å². The lowest BCUT2D eigenvalue weighted by Gasteiger charge is -2.12. The van der Waals surface area contributed by atoms with Crippen LogP contribution in [0.2, 0.25) is 0 Å². The predicted octanol–water partition coefficient (Wildman–Crippen LogP) is 3.65. The van der Waals surface area contributed by atoms with Crippen molar-refractivity contribution in [3.05, 3.63) is 46.8 Å². The molecule has 0 aliphatic carbocycles. The fraction of sp³-hybridized carbons (Fsp3) is 0.100. The monoisotopic (exact) mass is 290 g/mol. The summed E-state index contributed by atoms with van der Waals surface area (Å²) in [6.45, 7) is 0. The molecule has 2 heterocycles. The Morgan fingerprint density at radius 2 is 1.81 bits per heavy atom. The SMILES string of the molecule is FC(F)(F)c1cc(Br)cnc1-n1cccc1. The average molecular weight is 291 g/mol. The fourth-order valence-electron chi connectivity index (χ4n) is 1.32. The summed E-state index contributed by atoms with van der Waals surface area (Å²) in [6.07, 6.45) is -0.0437. The number of aromatic nitrogens is 2. The van der Waals surface area contributed by atoms with Crippen molar-refractivity contribution < 1.29 is 13.2 Å². The summed E-state index contributed by atoms with van der Waals surface area (Å²) in [7, 11) is 0. The molecule has 0 radical (unpaired) electrons. The normalized spacial score (nSPS) is 11.8. The third-order valence-electron chi connectivity index (χ3n) is 1.99. The van der Waals surface area contributed by atoms with Crippen LogP contribution in [0.25, 0.3) is 5.82 Å². The maximum absolute atomic E-state index is 12.7. The zero-order valence-electron chi connectivity index (χ0n) is 7.87. The molecule has 84 valence electrons. The van der Waals surface area contributed by atoms with Crippen molar-refractivity contribution in [3.8, 4) is 5.82 Å². The smallest absolute Gasteiger partial charge is 0.308 e. The molecule has 0 saturated carbocycles. The Labute approximate surface area is 97.9 Å². The standard InChI is InChI=1S/C10H6BrF3N2/c11-7-5-8(10(12,13)14)9(15-6-7)16-3-1-2-4-16/h1-6H. The van der Waals surface area contributed by atoms with Crippen molar-refractivity contribution in [1.82, 2.24) is 9.55 Å². The predicted molar refractivity (Wildman–Crippen MR) is 56.3 cm³/mol. The zero-order chi connectivity index (χ0) is 11.8. The molecule has 0 aliphatic heterocycles. The summed E-state index contributed by atoms with van der Waals surface area (Å²) >= 11 is 2.98. The second-order valence-electron chi connectivity index (χ2n) is 3.11. The van der Waals surface area contributed by atoms with Gasteiger partial charge in [0.2, 0.25) is 0 Å². The van der Waals surface area contributed by atoms with E-state index >= 15 is 0 Å². The van der Waals surface area contributed by atoms with Crippen LogP contribution < -0.4 is 0 Å². The molecule has 0 fully saturated rings. The van der Waals surface area contributed by atoms with E-state index in [1.165, 1.54) is 23.2 Å². The summed E-state index contributed by atoms with van der Waals surface area (Å²) in [5.74, 6) is -0.124. The third-order valence-corrected chi connectivity index (χ3v) is 2.42. The van der Waals surface area contributed by atoms with Crippen LogP contribution in [0.15, 0.2) is 41.3 Å². The van der Waals surface area contributed by atoms with E-state index in [-0.39, 0.29) is 5.82 Å². The van der Waals surface area contributed by atoms with Gasteiger partial charge in [-0.05, 0) is 34.1 Å². The number of rotatable bonds is 1. The molecule has 2 aromatic heterocycles. The van der Waals surface area contributed by atoms with Gasteiger partial charge in [-0.25, -0.2) is 4.98 Å². The minimum absolute atomic E-state index is 0.124. The lowest BCUT2D eigenvalue weighted by atomic mass is 10.2. The molecule has 2 rings (SSSR count). The number of hydrogen-bond acceptors (Lipinski definition) is 1. The van der Waals surface area contributed by atoms with Crippen LogP contribution in [0.3, 0.4) is 0 Å². The molecule has 0 saturated heterocycles. The number of hydrogen-bond donors (Lipinski definition) is 0. The topological polar surface area (TPSA) is 17.8 Å². The number of halogens is 4. The van der Waals surface area contributed by atoms with Gasteiger partial charge in [-0.1, -0.05) is 0 Å². The molecule has 0 unspecified atom stereocenters. The van der Waals surface area contributed by atoms with E-state index in [1.807, 2.05) is 0 Å². The van der Waals surface area contributed by atoms with Crippen molar-refractivity contribution in [2.75, 3.05) is 0 Å². The van der Waals surface area contributed by atoms with Crippen molar-refractivity contribution in [2.24, 2.45) is 0 Å². The first-order chi connectivity index (χ1) is 7.48. The molecule has 0 amide bonds. The maximum atomic E-state index is 12.7. The number of alkyl halides is 3. The molecule has 6 heteroatoms. The minimum atomic E-state index is -4.42. The van der Waals surface area contributed by atoms with Crippen LogP contribution >= 0.6 is 15.9 Å². The Bertz CT molecular complexity index is 491. The van der Waals surface area contributed by atoms with Crippen molar-refractivity contribution in [2.45, 2.75) is 6.18 Å². The van der Waals surface area contributed by atoms with Crippen LogP contribution in [0, 0.1) is 0 Å². The van der Waals surface area contributed by atoms with Crippen LogP contribution in [0.1, 0.15) is 5.56 Å². The molecule has 16 heavy (non-hydrogen) atoms. The molecule has 0 atom stereocenters. The average Bonchev–Trinajstić information content (AvgIpc) is 2.69. The molecule has 0 aromatic carbocycles. The minimum Gasteiger partial charge on any atom is -0.308 e. The van der Waals surface area contributed by atoms with Crippen LogP contribution in [0.4, 0.5) is 13.2 Å². The molecule has 0 spiro atoms. The molecule has 2 aromatic rings. The van der Waals surface area contributed by atoms with E-state index in [1.54, 1.807) is 12.1 Å².